The number of hydrogen-bond donors (Lipinski definition) is 1. The number of phenols is 1. The van der Waals surface area contributed by atoms with Gasteiger partial charge >= 0.3 is 0 Å². The normalized spacial score (nSPS) is 11.6. The maximum Gasteiger partial charge on any atom is 0.123 e. The second-order valence-electron chi connectivity index (χ2n) is 14.7. The smallest absolute Gasteiger partial charge is 0.123 e. The summed E-state index contributed by atoms with van der Waals surface area (Å²) in [4.78, 5) is 0. The first kappa shape index (κ1) is 32.8. The molecule has 2 aromatic heterocycles. The van der Waals surface area contributed by atoms with Crippen molar-refractivity contribution in [2.75, 3.05) is 0 Å². The van der Waals surface area contributed by atoms with Gasteiger partial charge in [-0.15, -0.1) is 0 Å². The average Bonchev–Trinajstić information content (AvgIpc) is 3.79. The minimum atomic E-state index is 0.273. The zero-order valence-corrected chi connectivity index (χ0v) is 31.0. The van der Waals surface area contributed by atoms with E-state index >= 15 is 0 Å². The van der Waals surface area contributed by atoms with E-state index in [1.165, 1.54) is 54.8 Å². The molecule has 3 heteroatoms. The standard InChI is InChI=1S/C54H36N2O/c57-54-22-12-10-20-46(54)44-18-8-7-17-43(44)40-27-32-53-49(35-40)48-34-39(26-31-52(48)56(53)42-28-23-37(24-29-42)36-13-3-1-4-14-36)38-25-30-51-47(33-38)45-19-9-11-21-50(45)55(51)41-15-5-2-6-16-41/h1-35,57H. The zero-order valence-electron chi connectivity index (χ0n) is 31.0. The largest absolute Gasteiger partial charge is 0.507 e. The predicted octanol–water partition coefficient (Wildman–Crippen LogP) is 14.3. The van der Waals surface area contributed by atoms with Crippen LogP contribution in [0.15, 0.2) is 212 Å². The first-order valence-corrected chi connectivity index (χ1v) is 19.4. The number of para-hydroxylation sites is 3. The van der Waals surface area contributed by atoms with Crippen LogP contribution in [0.25, 0.3) is 99.5 Å². The van der Waals surface area contributed by atoms with E-state index in [4.69, 9.17) is 0 Å². The first-order chi connectivity index (χ1) is 28.2. The summed E-state index contributed by atoms with van der Waals surface area (Å²) in [5.41, 5.74) is 15.7. The van der Waals surface area contributed by atoms with Crippen molar-refractivity contribution in [3.05, 3.63) is 212 Å². The molecule has 0 aliphatic rings. The summed E-state index contributed by atoms with van der Waals surface area (Å²) in [5.74, 6) is 0.273. The summed E-state index contributed by atoms with van der Waals surface area (Å²) in [5, 5.41) is 15.7. The quantitative estimate of drug-likeness (QED) is 0.182. The van der Waals surface area contributed by atoms with E-state index in [1.54, 1.807) is 6.07 Å². The molecule has 11 aromatic rings. The van der Waals surface area contributed by atoms with Crippen LogP contribution < -0.4 is 0 Å². The molecule has 0 fully saturated rings. The van der Waals surface area contributed by atoms with Gasteiger partial charge in [0.15, 0.2) is 0 Å². The molecule has 11 rings (SSSR count). The van der Waals surface area contributed by atoms with Crippen molar-refractivity contribution in [1.82, 2.24) is 9.13 Å². The predicted molar refractivity (Wildman–Crippen MR) is 239 cm³/mol. The lowest BCUT2D eigenvalue weighted by Crippen LogP contribution is -1.94. The van der Waals surface area contributed by atoms with Gasteiger partial charge in [0.25, 0.3) is 0 Å². The van der Waals surface area contributed by atoms with Crippen molar-refractivity contribution >= 4 is 43.6 Å². The number of phenolic OH excluding ortho intramolecular Hbond substituents is 1. The second kappa shape index (κ2) is 13.3. The van der Waals surface area contributed by atoms with Crippen LogP contribution in [-0.2, 0) is 0 Å². The molecule has 0 spiro atoms. The zero-order chi connectivity index (χ0) is 37.9. The Morgan fingerprint density at radius 3 is 1.33 bits per heavy atom. The molecule has 0 radical (unpaired) electrons. The molecule has 0 aliphatic heterocycles. The molecule has 268 valence electrons. The molecule has 0 saturated heterocycles. The minimum Gasteiger partial charge on any atom is -0.507 e. The van der Waals surface area contributed by atoms with Gasteiger partial charge in [0.2, 0.25) is 0 Å². The van der Waals surface area contributed by atoms with Gasteiger partial charge in [0, 0.05) is 38.5 Å². The van der Waals surface area contributed by atoms with Crippen LogP contribution in [-0.4, -0.2) is 14.2 Å². The van der Waals surface area contributed by atoms with Gasteiger partial charge in [-0.25, -0.2) is 0 Å². The van der Waals surface area contributed by atoms with Crippen LogP contribution in [0, 0.1) is 0 Å². The monoisotopic (exact) mass is 728 g/mol. The Hall–Kier alpha value is -7.62. The third-order valence-corrected chi connectivity index (χ3v) is 11.5. The molecule has 0 unspecified atom stereocenters. The highest BCUT2D eigenvalue weighted by atomic mass is 16.3. The fourth-order valence-corrected chi connectivity index (χ4v) is 8.76. The summed E-state index contributed by atoms with van der Waals surface area (Å²) in [7, 11) is 0. The van der Waals surface area contributed by atoms with Gasteiger partial charge in [-0.3, -0.25) is 0 Å². The topological polar surface area (TPSA) is 30.1 Å². The number of aromatic hydroxyl groups is 1. The van der Waals surface area contributed by atoms with Gasteiger partial charge in [0.1, 0.15) is 5.75 Å². The third kappa shape index (κ3) is 5.43. The van der Waals surface area contributed by atoms with Crippen LogP contribution >= 0.6 is 0 Å². The number of fused-ring (bicyclic) bond motifs is 6. The van der Waals surface area contributed by atoms with Crippen molar-refractivity contribution in [2.45, 2.75) is 0 Å². The molecule has 1 N–H and O–H groups in total. The molecule has 0 atom stereocenters. The van der Waals surface area contributed by atoms with Crippen LogP contribution in [0.5, 0.6) is 5.75 Å². The Morgan fingerprint density at radius 2 is 0.684 bits per heavy atom. The van der Waals surface area contributed by atoms with Crippen LogP contribution in [0.2, 0.25) is 0 Å². The summed E-state index contributed by atoms with van der Waals surface area (Å²) >= 11 is 0. The molecule has 2 heterocycles. The SMILES string of the molecule is Oc1ccccc1-c1ccccc1-c1ccc2c(c1)c1cc(-c3ccc4c(c3)c3ccccc3n4-c3ccccc3)ccc1n2-c1ccc(-c2ccccc2)cc1. The number of hydrogen-bond acceptors (Lipinski definition) is 1. The van der Waals surface area contributed by atoms with Gasteiger partial charge in [-0.05, 0) is 112 Å². The number of aromatic nitrogens is 2. The summed E-state index contributed by atoms with van der Waals surface area (Å²) < 4.78 is 4.75. The third-order valence-electron chi connectivity index (χ3n) is 11.5. The first-order valence-electron chi connectivity index (χ1n) is 19.4. The van der Waals surface area contributed by atoms with Crippen molar-refractivity contribution < 1.29 is 5.11 Å². The Labute approximate surface area is 330 Å². The van der Waals surface area contributed by atoms with Gasteiger partial charge in [-0.2, -0.15) is 0 Å². The molecular weight excluding hydrogens is 693 g/mol. The minimum absolute atomic E-state index is 0.273. The number of benzene rings is 9. The van der Waals surface area contributed by atoms with Crippen LogP contribution in [0.3, 0.4) is 0 Å². The van der Waals surface area contributed by atoms with E-state index in [0.29, 0.717) is 0 Å². The van der Waals surface area contributed by atoms with Crippen molar-refractivity contribution in [3.8, 4) is 61.6 Å². The highest BCUT2D eigenvalue weighted by Gasteiger charge is 2.18. The molecule has 0 bridgehead atoms. The van der Waals surface area contributed by atoms with Gasteiger partial charge < -0.3 is 14.2 Å². The average molecular weight is 729 g/mol. The lowest BCUT2D eigenvalue weighted by atomic mass is 9.93. The lowest BCUT2D eigenvalue weighted by Gasteiger charge is -2.12. The van der Waals surface area contributed by atoms with Crippen molar-refractivity contribution in [2.24, 2.45) is 0 Å². The molecular formula is C54H36N2O. The summed E-state index contributed by atoms with van der Waals surface area (Å²) in [6.07, 6.45) is 0. The summed E-state index contributed by atoms with van der Waals surface area (Å²) in [6, 6.07) is 75.3. The fraction of sp³-hybridized carbons (Fsp3) is 0. The highest BCUT2D eigenvalue weighted by Crippen LogP contribution is 2.42. The van der Waals surface area contributed by atoms with E-state index in [-0.39, 0.29) is 5.75 Å². The molecule has 3 nitrogen and oxygen atoms in total. The maximum absolute atomic E-state index is 10.9. The molecule has 0 saturated carbocycles. The lowest BCUT2D eigenvalue weighted by molar-refractivity contribution is 0.477. The fourth-order valence-electron chi connectivity index (χ4n) is 8.76. The maximum atomic E-state index is 10.9. The van der Waals surface area contributed by atoms with E-state index < -0.39 is 0 Å². The molecule has 0 aliphatic carbocycles. The summed E-state index contributed by atoms with van der Waals surface area (Å²) in [6.45, 7) is 0. The van der Waals surface area contributed by atoms with Crippen molar-refractivity contribution in [3.63, 3.8) is 0 Å². The van der Waals surface area contributed by atoms with Gasteiger partial charge in [0.05, 0.1) is 22.1 Å². The number of nitrogens with zero attached hydrogens (tertiary/aromatic N) is 2. The molecule has 9 aromatic carbocycles. The van der Waals surface area contributed by atoms with Crippen LogP contribution in [0.4, 0.5) is 0 Å². The highest BCUT2D eigenvalue weighted by molar-refractivity contribution is 6.13. The van der Waals surface area contributed by atoms with E-state index in [0.717, 1.165) is 44.7 Å². The van der Waals surface area contributed by atoms with E-state index in [2.05, 4.69) is 191 Å². The molecule has 0 amide bonds. The van der Waals surface area contributed by atoms with Crippen LogP contribution in [0.1, 0.15) is 0 Å². The van der Waals surface area contributed by atoms with E-state index in [9.17, 15) is 5.11 Å². The van der Waals surface area contributed by atoms with E-state index in [1.807, 2.05) is 24.3 Å². The van der Waals surface area contributed by atoms with Gasteiger partial charge in [-0.1, -0.05) is 140 Å². The molecule has 57 heavy (non-hydrogen) atoms. The Morgan fingerprint density at radius 1 is 0.263 bits per heavy atom. The van der Waals surface area contributed by atoms with Crippen molar-refractivity contribution in [1.29, 1.82) is 0 Å². The Kier molecular flexibility index (Phi) is 7.65. The second-order valence-corrected chi connectivity index (χ2v) is 14.7. The Bertz CT molecular complexity index is 3280. The number of rotatable bonds is 6. The Balaban J connectivity index is 1.12.